The molecule has 0 aliphatic heterocycles. The maximum absolute atomic E-state index is 13.3. The Balaban J connectivity index is 2.41. The molecule has 1 saturated carbocycles. The fraction of sp³-hybridized carbons (Fsp3) is 0.385. The second kappa shape index (κ2) is 5.72. The number of hydrogen-bond acceptors (Lipinski definition) is 3. The van der Waals surface area contributed by atoms with Gasteiger partial charge in [-0.25, -0.2) is 12.8 Å². The first-order chi connectivity index (χ1) is 9.36. The lowest BCUT2D eigenvalue weighted by Gasteiger charge is -2.21. The van der Waals surface area contributed by atoms with Crippen LogP contribution in [0.25, 0.3) is 0 Å². The van der Waals surface area contributed by atoms with E-state index in [-0.39, 0.29) is 21.6 Å². The third kappa shape index (κ3) is 3.14. The van der Waals surface area contributed by atoms with E-state index in [1.807, 2.05) is 0 Å². The molecule has 0 heterocycles. The number of rotatable bonds is 5. The van der Waals surface area contributed by atoms with Crippen molar-refractivity contribution in [3.63, 3.8) is 0 Å². The van der Waals surface area contributed by atoms with Gasteiger partial charge in [-0.3, -0.25) is 0 Å². The van der Waals surface area contributed by atoms with E-state index < -0.39 is 15.8 Å². The van der Waals surface area contributed by atoms with Crippen LogP contribution >= 0.6 is 15.9 Å². The van der Waals surface area contributed by atoms with E-state index in [2.05, 4.69) is 21.9 Å². The molecule has 0 bridgehead atoms. The van der Waals surface area contributed by atoms with Gasteiger partial charge in [0.25, 0.3) is 0 Å². The Labute approximate surface area is 126 Å². The number of nitrogens with zero attached hydrogens (tertiary/aromatic N) is 1. The smallest absolute Gasteiger partial charge is 0.246 e. The lowest BCUT2D eigenvalue weighted by atomic mass is 10.3. The number of anilines is 1. The Hall–Kier alpha value is -1.10. The zero-order valence-electron chi connectivity index (χ0n) is 10.6. The number of halogens is 2. The predicted octanol–water partition coefficient (Wildman–Crippen LogP) is 2.20. The lowest BCUT2D eigenvalue weighted by Crippen LogP contribution is -2.33. The van der Waals surface area contributed by atoms with Crippen LogP contribution in [-0.4, -0.2) is 25.8 Å². The van der Waals surface area contributed by atoms with E-state index in [9.17, 15) is 12.8 Å². The molecule has 0 spiro atoms. The number of nitrogen functional groups attached to an aromatic ring is 1. The molecule has 1 aliphatic carbocycles. The summed E-state index contributed by atoms with van der Waals surface area (Å²) >= 11 is 2.97. The van der Waals surface area contributed by atoms with Crippen LogP contribution < -0.4 is 5.73 Å². The van der Waals surface area contributed by atoms with Gasteiger partial charge in [0, 0.05) is 6.54 Å². The molecule has 0 radical (unpaired) electrons. The SMILES string of the molecule is C#CCN(CC1CC1)S(=O)(=O)c1cc(Br)c(F)cc1N. The summed E-state index contributed by atoms with van der Waals surface area (Å²) < 4.78 is 39.8. The van der Waals surface area contributed by atoms with Crippen LogP contribution in [0.1, 0.15) is 12.8 Å². The molecule has 0 saturated heterocycles. The Bertz CT molecular complexity index is 666. The molecule has 2 rings (SSSR count). The van der Waals surface area contributed by atoms with Gasteiger partial charge in [0.1, 0.15) is 10.7 Å². The quantitative estimate of drug-likeness (QED) is 0.646. The first-order valence-corrected chi connectivity index (χ1v) is 8.27. The standard InChI is InChI=1S/C13H14BrFN2O2S/c1-2-5-17(8-9-3-4-9)20(18,19)13-6-10(14)11(15)7-12(13)16/h1,6-7,9H,3-5,8,16H2. The summed E-state index contributed by atoms with van der Waals surface area (Å²) in [6.07, 6.45) is 7.23. The summed E-state index contributed by atoms with van der Waals surface area (Å²) in [7, 11) is -3.82. The summed E-state index contributed by atoms with van der Waals surface area (Å²) in [5.41, 5.74) is 5.52. The fourth-order valence-electron chi connectivity index (χ4n) is 1.84. The van der Waals surface area contributed by atoms with Gasteiger partial charge in [-0.1, -0.05) is 5.92 Å². The average Bonchev–Trinajstić information content (AvgIpc) is 3.17. The van der Waals surface area contributed by atoms with Crippen LogP contribution in [0, 0.1) is 24.1 Å². The van der Waals surface area contributed by atoms with E-state index in [0.717, 1.165) is 18.9 Å². The Morgan fingerprint density at radius 2 is 2.15 bits per heavy atom. The van der Waals surface area contributed by atoms with Gasteiger partial charge >= 0.3 is 0 Å². The summed E-state index contributed by atoms with van der Waals surface area (Å²) in [5.74, 6) is 2.09. The molecule has 1 aromatic rings. The highest BCUT2D eigenvalue weighted by Gasteiger charge is 2.32. The Morgan fingerprint density at radius 1 is 1.50 bits per heavy atom. The van der Waals surface area contributed by atoms with Gasteiger partial charge in [-0.05, 0) is 46.8 Å². The molecule has 7 heteroatoms. The number of sulfonamides is 1. The summed E-state index contributed by atoms with van der Waals surface area (Å²) in [4.78, 5) is -0.123. The van der Waals surface area contributed by atoms with Crippen LogP contribution in [0.5, 0.6) is 0 Å². The highest BCUT2D eigenvalue weighted by atomic mass is 79.9. The maximum Gasteiger partial charge on any atom is 0.246 e. The van der Waals surface area contributed by atoms with Crippen molar-refractivity contribution in [1.29, 1.82) is 0 Å². The van der Waals surface area contributed by atoms with Crippen molar-refractivity contribution >= 4 is 31.6 Å². The van der Waals surface area contributed by atoms with E-state index in [0.29, 0.717) is 12.5 Å². The largest absolute Gasteiger partial charge is 0.398 e. The zero-order valence-corrected chi connectivity index (χ0v) is 13.0. The maximum atomic E-state index is 13.3. The second-order valence-corrected chi connectivity index (χ2v) is 7.51. The lowest BCUT2D eigenvalue weighted by molar-refractivity contribution is 0.430. The summed E-state index contributed by atoms with van der Waals surface area (Å²) in [6.45, 7) is 0.355. The fourth-order valence-corrected chi connectivity index (χ4v) is 3.89. The van der Waals surface area contributed by atoms with Gasteiger partial charge in [0.05, 0.1) is 16.7 Å². The van der Waals surface area contributed by atoms with Gasteiger partial charge in [-0.15, -0.1) is 6.42 Å². The first-order valence-electron chi connectivity index (χ1n) is 6.04. The molecule has 0 aromatic heterocycles. The van der Waals surface area contributed by atoms with Gasteiger partial charge < -0.3 is 5.73 Å². The van der Waals surface area contributed by atoms with E-state index in [1.54, 1.807) is 0 Å². The minimum Gasteiger partial charge on any atom is -0.398 e. The molecule has 0 amide bonds. The van der Waals surface area contributed by atoms with Crippen LogP contribution in [0.2, 0.25) is 0 Å². The van der Waals surface area contributed by atoms with Crippen molar-refractivity contribution in [2.24, 2.45) is 5.92 Å². The van der Waals surface area contributed by atoms with Crippen LogP contribution in [0.3, 0.4) is 0 Å². The molecular weight excluding hydrogens is 347 g/mol. The van der Waals surface area contributed by atoms with Crippen molar-refractivity contribution in [3.8, 4) is 12.3 Å². The predicted molar refractivity (Wildman–Crippen MR) is 78.8 cm³/mol. The van der Waals surface area contributed by atoms with Crippen LogP contribution in [-0.2, 0) is 10.0 Å². The minimum absolute atomic E-state index is 0.0206. The topological polar surface area (TPSA) is 63.4 Å². The van der Waals surface area contributed by atoms with Crippen LogP contribution in [0.4, 0.5) is 10.1 Å². The third-order valence-corrected chi connectivity index (χ3v) is 5.57. The van der Waals surface area contributed by atoms with Crippen molar-refractivity contribution in [2.75, 3.05) is 18.8 Å². The highest BCUT2D eigenvalue weighted by molar-refractivity contribution is 9.10. The van der Waals surface area contributed by atoms with E-state index in [1.165, 1.54) is 10.4 Å². The second-order valence-electron chi connectivity index (χ2n) is 4.75. The summed E-state index contributed by atoms with van der Waals surface area (Å²) in [5, 5.41) is 0. The third-order valence-electron chi connectivity index (χ3n) is 3.10. The molecule has 4 nitrogen and oxygen atoms in total. The van der Waals surface area contributed by atoms with E-state index in [4.69, 9.17) is 12.2 Å². The Kier molecular flexibility index (Phi) is 4.37. The molecular formula is C13H14BrFN2O2S. The number of terminal acetylenes is 1. The van der Waals surface area contributed by atoms with Crippen molar-refractivity contribution in [2.45, 2.75) is 17.7 Å². The number of hydrogen-bond donors (Lipinski definition) is 1. The number of nitrogens with two attached hydrogens (primary N) is 1. The first kappa shape index (κ1) is 15.3. The van der Waals surface area contributed by atoms with Gasteiger partial charge in [-0.2, -0.15) is 4.31 Å². The van der Waals surface area contributed by atoms with Crippen molar-refractivity contribution in [3.05, 3.63) is 22.4 Å². The molecule has 0 atom stereocenters. The Morgan fingerprint density at radius 3 is 2.70 bits per heavy atom. The molecule has 1 aliphatic rings. The molecule has 2 N–H and O–H groups in total. The molecule has 1 aromatic carbocycles. The zero-order chi connectivity index (χ0) is 14.9. The van der Waals surface area contributed by atoms with Crippen molar-refractivity contribution < 1.29 is 12.8 Å². The van der Waals surface area contributed by atoms with Gasteiger partial charge in [0.15, 0.2) is 0 Å². The monoisotopic (exact) mass is 360 g/mol. The number of benzene rings is 1. The summed E-state index contributed by atoms with van der Waals surface area (Å²) in [6, 6.07) is 2.17. The normalized spacial score (nSPS) is 15.3. The minimum atomic E-state index is -3.82. The van der Waals surface area contributed by atoms with Crippen molar-refractivity contribution in [1.82, 2.24) is 4.31 Å². The molecule has 0 unspecified atom stereocenters. The molecule has 20 heavy (non-hydrogen) atoms. The average molecular weight is 361 g/mol. The van der Waals surface area contributed by atoms with E-state index >= 15 is 0 Å². The molecule has 1 fully saturated rings. The van der Waals surface area contributed by atoms with Crippen LogP contribution in [0.15, 0.2) is 21.5 Å². The molecule has 108 valence electrons. The highest BCUT2D eigenvalue weighted by Crippen LogP contribution is 2.33. The van der Waals surface area contributed by atoms with Gasteiger partial charge in [0.2, 0.25) is 10.0 Å².